The molecule has 1 heterocycles. The number of ether oxygens (including phenoxy) is 1. The lowest BCUT2D eigenvalue weighted by molar-refractivity contribution is -0.275. The van der Waals surface area contributed by atoms with Crippen molar-refractivity contribution in [1.82, 2.24) is 9.21 Å². The molecule has 0 amide bonds. The Morgan fingerprint density at radius 3 is 1.97 bits per heavy atom. The van der Waals surface area contributed by atoms with Crippen LogP contribution in [0.3, 0.4) is 0 Å². The number of benzene rings is 3. The summed E-state index contributed by atoms with van der Waals surface area (Å²) in [5, 5.41) is 0. The summed E-state index contributed by atoms with van der Waals surface area (Å²) in [5.74, 6) is -0.727. The number of halogens is 4. The van der Waals surface area contributed by atoms with Gasteiger partial charge in [0.05, 0.1) is 6.04 Å². The van der Waals surface area contributed by atoms with Crippen LogP contribution in [0.2, 0.25) is 0 Å². The third-order valence-corrected chi connectivity index (χ3v) is 8.10. The molecule has 0 saturated carbocycles. The summed E-state index contributed by atoms with van der Waals surface area (Å²) in [6.07, 6.45) is -4.99. The Morgan fingerprint density at radius 2 is 1.35 bits per heavy atom. The van der Waals surface area contributed by atoms with E-state index in [4.69, 9.17) is 0 Å². The molecule has 180 valence electrons. The average molecular weight is 555 g/mol. The number of hydrogen-bond acceptors (Lipinski definition) is 4. The predicted molar refractivity (Wildman–Crippen MR) is 126 cm³/mol. The van der Waals surface area contributed by atoms with Gasteiger partial charge in [-0.2, -0.15) is 4.31 Å². The van der Waals surface area contributed by atoms with Crippen LogP contribution < -0.4 is 4.74 Å². The molecule has 3 aromatic rings. The van der Waals surface area contributed by atoms with Crippen molar-refractivity contribution >= 4 is 26.0 Å². The number of para-hydroxylation sites is 1. The molecular weight excluding hydrogens is 533 g/mol. The molecule has 1 fully saturated rings. The first-order valence-corrected chi connectivity index (χ1v) is 12.8. The van der Waals surface area contributed by atoms with E-state index in [9.17, 15) is 21.6 Å². The molecule has 5 nitrogen and oxygen atoms in total. The predicted octanol–water partition coefficient (Wildman–Crippen LogP) is 5.44. The smallest absolute Gasteiger partial charge is 0.404 e. The van der Waals surface area contributed by atoms with Crippen LogP contribution in [0, 0.1) is 0 Å². The molecule has 0 aromatic heterocycles. The van der Waals surface area contributed by atoms with Crippen LogP contribution in [-0.2, 0) is 10.0 Å². The van der Waals surface area contributed by atoms with E-state index >= 15 is 0 Å². The zero-order valence-electron chi connectivity index (χ0n) is 18.0. The molecule has 4 rings (SSSR count). The zero-order valence-corrected chi connectivity index (χ0v) is 20.4. The van der Waals surface area contributed by atoms with E-state index in [0.29, 0.717) is 13.1 Å². The lowest BCUT2D eigenvalue weighted by Crippen LogP contribution is -2.49. The molecule has 1 aliphatic rings. The molecule has 10 heteroatoms. The Morgan fingerprint density at radius 1 is 0.794 bits per heavy atom. The van der Waals surface area contributed by atoms with Crippen LogP contribution in [-0.4, -0.2) is 50.2 Å². The van der Waals surface area contributed by atoms with Crippen LogP contribution in [0.1, 0.15) is 17.2 Å². The van der Waals surface area contributed by atoms with Crippen LogP contribution >= 0.6 is 15.9 Å². The molecule has 34 heavy (non-hydrogen) atoms. The number of hydrogen-bond donors (Lipinski definition) is 0. The molecule has 0 spiro atoms. The van der Waals surface area contributed by atoms with Gasteiger partial charge in [0, 0.05) is 30.7 Å². The standard InChI is InChI=1S/C24H22BrF3N2O3S/c25-20-12-10-19(11-13-20)23(18-6-2-1-3-7-18)29-14-16-30(17-15-29)34(31,32)22-9-5-4-8-21(22)33-24(26,27)28/h1-13,23H,14-17H2. The van der Waals surface area contributed by atoms with E-state index in [1.807, 2.05) is 54.6 Å². The van der Waals surface area contributed by atoms with Crippen molar-refractivity contribution in [1.29, 1.82) is 0 Å². The third kappa shape index (κ3) is 5.63. The van der Waals surface area contributed by atoms with E-state index < -0.39 is 27.0 Å². The second-order valence-electron chi connectivity index (χ2n) is 7.80. The Balaban J connectivity index is 1.57. The van der Waals surface area contributed by atoms with Crippen molar-refractivity contribution in [3.8, 4) is 5.75 Å². The number of piperazine rings is 1. The molecule has 3 aromatic carbocycles. The molecule has 0 N–H and O–H groups in total. The molecule has 1 saturated heterocycles. The first-order chi connectivity index (χ1) is 16.1. The highest BCUT2D eigenvalue weighted by Crippen LogP contribution is 2.34. The fourth-order valence-corrected chi connectivity index (χ4v) is 5.91. The second kappa shape index (κ2) is 10.1. The van der Waals surface area contributed by atoms with Gasteiger partial charge in [0.2, 0.25) is 10.0 Å². The summed E-state index contributed by atoms with van der Waals surface area (Å²) in [5.41, 5.74) is 2.14. The van der Waals surface area contributed by atoms with E-state index in [-0.39, 0.29) is 19.1 Å². The van der Waals surface area contributed by atoms with Gasteiger partial charge in [0.15, 0.2) is 0 Å². The molecule has 0 radical (unpaired) electrons. The molecule has 1 atom stereocenters. The van der Waals surface area contributed by atoms with E-state index in [1.165, 1.54) is 16.4 Å². The Labute approximate surface area is 204 Å². The first kappa shape index (κ1) is 24.7. The topological polar surface area (TPSA) is 49.9 Å². The second-order valence-corrected chi connectivity index (χ2v) is 10.6. The molecule has 1 unspecified atom stereocenters. The van der Waals surface area contributed by atoms with Crippen molar-refractivity contribution in [2.45, 2.75) is 17.3 Å². The van der Waals surface area contributed by atoms with Crippen LogP contribution in [0.5, 0.6) is 5.75 Å². The van der Waals surface area contributed by atoms with Gasteiger partial charge in [0.25, 0.3) is 0 Å². The molecular formula is C24H22BrF3N2O3S. The molecule has 1 aliphatic heterocycles. The van der Waals surface area contributed by atoms with Gasteiger partial charge in [-0.3, -0.25) is 4.90 Å². The van der Waals surface area contributed by atoms with Crippen LogP contribution in [0.15, 0.2) is 88.2 Å². The Bertz CT molecular complexity index is 1210. The van der Waals surface area contributed by atoms with Crippen molar-refractivity contribution in [2.75, 3.05) is 26.2 Å². The molecule has 0 aliphatic carbocycles. The quantitative estimate of drug-likeness (QED) is 0.407. The Kier molecular flexibility index (Phi) is 7.32. The molecule has 0 bridgehead atoms. The fraction of sp³-hybridized carbons (Fsp3) is 0.250. The highest BCUT2D eigenvalue weighted by atomic mass is 79.9. The highest BCUT2D eigenvalue weighted by Gasteiger charge is 2.37. The fourth-order valence-electron chi connectivity index (χ4n) is 4.11. The third-order valence-electron chi connectivity index (χ3n) is 5.63. The van der Waals surface area contributed by atoms with E-state index in [1.54, 1.807) is 0 Å². The van der Waals surface area contributed by atoms with Crippen molar-refractivity contribution < 1.29 is 26.3 Å². The number of sulfonamides is 1. The van der Waals surface area contributed by atoms with Crippen LogP contribution in [0.4, 0.5) is 13.2 Å². The number of rotatable bonds is 6. The SMILES string of the molecule is O=S(=O)(c1ccccc1OC(F)(F)F)N1CCN(C(c2ccccc2)c2ccc(Br)cc2)CC1. The van der Waals surface area contributed by atoms with E-state index in [0.717, 1.165) is 27.7 Å². The summed E-state index contributed by atoms with van der Waals surface area (Å²) in [6.45, 7) is 1.11. The zero-order chi connectivity index (χ0) is 24.3. The maximum absolute atomic E-state index is 13.2. The minimum Gasteiger partial charge on any atom is -0.404 e. The van der Waals surface area contributed by atoms with Crippen molar-refractivity contribution in [2.24, 2.45) is 0 Å². The maximum Gasteiger partial charge on any atom is 0.573 e. The largest absolute Gasteiger partial charge is 0.573 e. The number of nitrogens with zero attached hydrogens (tertiary/aromatic N) is 2. The van der Waals surface area contributed by atoms with Crippen LogP contribution in [0.25, 0.3) is 0 Å². The Hall–Kier alpha value is -2.40. The normalized spacial score (nSPS) is 16.8. The van der Waals surface area contributed by atoms with E-state index in [2.05, 4.69) is 25.6 Å². The lowest BCUT2D eigenvalue weighted by Gasteiger charge is -2.39. The van der Waals surface area contributed by atoms with Gasteiger partial charge >= 0.3 is 6.36 Å². The summed E-state index contributed by atoms with van der Waals surface area (Å²) in [4.78, 5) is 1.69. The summed E-state index contributed by atoms with van der Waals surface area (Å²) >= 11 is 3.46. The minimum absolute atomic E-state index is 0.0833. The summed E-state index contributed by atoms with van der Waals surface area (Å²) < 4.78 is 70.9. The van der Waals surface area contributed by atoms with Gasteiger partial charge in [-0.25, -0.2) is 8.42 Å². The summed E-state index contributed by atoms with van der Waals surface area (Å²) in [7, 11) is -4.17. The first-order valence-electron chi connectivity index (χ1n) is 10.5. The van der Waals surface area contributed by atoms with Gasteiger partial charge < -0.3 is 4.74 Å². The minimum atomic E-state index is -4.99. The van der Waals surface area contributed by atoms with Gasteiger partial charge in [-0.05, 0) is 35.4 Å². The lowest BCUT2D eigenvalue weighted by atomic mass is 9.96. The van der Waals surface area contributed by atoms with Crippen molar-refractivity contribution in [3.05, 3.63) is 94.5 Å². The maximum atomic E-state index is 13.2. The van der Waals surface area contributed by atoms with Crippen molar-refractivity contribution in [3.63, 3.8) is 0 Å². The number of alkyl halides is 3. The monoisotopic (exact) mass is 554 g/mol. The van der Waals surface area contributed by atoms with Gasteiger partial charge in [-0.15, -0.1) is 13.2 Å². The summed E-state index contributed by atoms with van der Waals surface area (Å²) in [6, 6.07) is 22.6. The van der Waals surface area contributed by atoms with Gasteiger partial charge in [0.1, 0.15) is 10.6 Å². The average Bonchev–Trinajstić information content (AvgIpc) is 2.81. The highest BCUT2D eigenvalue weighted by molar-refractivity contribution is 9.10. The van der Waals surface area contributed by atoms with Gasteiger partial charge in [-0.1, -0.05) is 70.5 Å².